The molecule has 1 heterocycles. The van der Waals surface area contributed by atoms with Crippen LogP contribution in [0.4, 0.5) is 5.69 Å². The zero-order chi connectivity index (χ0) is 19.1. The summed E-state index contributed by atoms with van der Waals surface area (Å²) in [6, 6.07) is 20.4. The number of fused-ring (bicyclic) bond motifs is 1. The molecule has 0 saturated carbocycles. The Morgan fingerprint density at radius 2 is 1.81 bits per heavy atom. The van der Waals surface area contributed by atoms with Gasteiger partial charge in [-0.3, -0.25) is 9.78 Å². The van der Waals surface area contributed by atoms with Gasteiger partial charge in [0, 0.05) is 18.0 Å². The van der Waals surface area contributed by atoms with Gasteiger partial charge in [-0.2, -0.15) is 0 Å². The van der Waals surface area contributed by atoms with Crippen molar-refractivity contribution in [2.24, 2.45) is 5.92 Å². The predicted octanol–water partition coefficient (Wildman–Crippen LogP) is 6.17. The van der Waals surface area contributed by atoms with E-state index >= 15 is 0 Å². The number of nitrogens with zero attached hydrogens (tertiary/aromatic N) is 1. The molecule has 3 heteroatoms. The van der Waals surface area contributed by atoms with Crippen LogP contribution in [0.25, 0.3) is 10.9 Å². The average molecular weight is 361 g/mol. The van der Waals surface area contributed by atoms with Crippen molar-refractivity contribution in [2.45, 2.75) is 45.4 Å². The van der Waals surface area contributed by atoms with Gasteiger partial charge in [0.15, 0.2) is 0 Å². The molecule has 3 rings (SSSR count). The minimum Gasteiger partial charge on any atom is -0.324 e. The molecule has 0 radical (unpaired) electrons. The van der Waals surface area contributed by atoms with Gasteiger partial charge >= 0.3 is 0 Å². The van der Waals surface area contributed by atoms with Crippen molar-refractivity contribution in [3.8, 4) is 0 Å². The molecule has 1 amide bonds. The number of carbonyl (C=O) groups excluding carboxylic acids is 1. The maximum absolute atomic E-state index is 12.7. The van der Waals surface area contributed by atoms with Crippen LogP contribution in [-0.4, -0.2) is 10.9 Å². The Morgan fingerprint density at radius 3 is 2.59 bits per heavy atom. The molecule has 0 aliphatic rings. The third kappa shape index (κ3) is 4.94. The first kappa shape index (κ1) is 19.1. The van der Waals surface area contributed by atoms with Crippen LogP contribution < -0.4 is 5.32 Å². The van der Waals surface area contributed by atoms with Crippen molar-refractivity contribution in [1.82, 2.24) is 4.98 Å². The number of anilines is 1. The summed E-state index contributed by atoms with van der Waals surface area (Å²) in [5, 5.41) is 4.11. The fraction of sp³-hybridized carbons (Fsp3) is 0.333. The van der Waals surface area contributed by atoms with E-state index in [1.165, 1.54) is 18.4 Å². The molecule has 2 aromatic carbocycles. The predicted molar refractivity (Wildman–Crippen MR) is 113 cm³/mol. The Bertz CT molecular complexity index is 870. The van der Waals surface area contributed by atoms with Gasteiger partial charge in [0.25, 0.3) is 0 Å². The maximum Gasteiger partial charge on any atom is 0.224 e. The second kappa shape index (κ2) is 9.31. The fourth-order valence-corrected chi connectivity index (χ4v) is 3.74. The first-order chi connectivity index (χ1) is 13.2. The standard InChI is InChI=1S/C24H28N2O/c1-3-4-14-21(19-10-6-5-7-11-19)18(2)17-23(27)26-22-15-8-12-20-13-9-16-25-24(20)22/h5-13,15-16,18,21H,3-4,14,17H2,1-2H3,(H,26,27)/t18-,21-/m1/s1. The highest BCUT2D eigenvalue weighted by atomic mass is 16.1. The van der Waals surface area contributed by atoms with E-state index in [4.69, 9.17) is 0 Å². The molecule has 1 N–H and O–H groups in total. The lowest BCUT2D eigenvalue weighted by atomic mass is 9.81. The Hall–Kier alpha value is -2.68. The third-order valence-corrected chi connectivity index (χ3v) is 5.20. The van der Waals surface area contributed by atoms with Crippen molar-refractivity contribution in [1.29, 1.82) is 0 Å². The number of benzene rings is 2. The Morgan fingerprint density at radius 1 is 1.04 bits per heavy atom. The van der Waals surface area contributed by atoms with E-state index in [-0.39, 0.29) is 11.8 Å². The van der Waals surface area contributed by atoms with E-state index < -0.39 is 0 Å². The summed E-state index contributed by atoms with van der Waals surface area (Å²) in [7, 11) is 0. The zero-order valence-electron chi connectivity index (χ0n) is 16.2. The van der Waals surface area contributed by atoms with E-state index in [1.807, 2.05) is 36.4 Å². The molecular weight excluding hydrogens is 332 g/mol. The van der Waals surface area contributed by atoms with Gasteiger partial charge in [-0.05, 0) is 36.0 Å². The van der Waals surface area contributed by atoms with Gasteiger partial charge in [0.05, 0.1) is 11.2 Å². The van der Waals surface area contributed by atoms with Gasteiger partial charge in [-0.25, -0.2) is 0 Å². The van der Waals surface area contributed by atoms with Crippen LogP contribution in [0, 0.1) is 5.92 Å². The summed E-state index contributed by atoms with van der Waals surface area (Å²) < 4.78 is 0. The Kier molecular flexibility index (Phi) is 6.59. The summed E-state index contributed by atoms with van der Waals surface area (Å²) in [5.41, 5.74) is 2.96. The van der Waals surface area contributed by atoms with Crippen molar-refractivity contribution in [3.63, 3.8) is 0 Å². The number of pyridine rings is 1. The number of carbonyl (C=O) groups is 1. The number of unbranched alkanes of at least 4 members (excludes halogenated alkanes) is 1. The van der Waals surface area contributed by atoms with E-state index in [0.717, 1.165) is 23.0 Å². The van der Waals surface area contributed by atoms with E-state index in [0.29, 0.717) is 12.3 Å². The van der Waals surface area contributed by atoms with E-state index in [9.17, 15) is 4.79 Å². The van der Waals surface area contributed by atoms with Crippen molar-refractivity contribution >= 4 is 22.5 Å². The number of nitrogens with one attached hydrogen (secondary N) is 1. The van der Waals surface area contributed by atoms with Crippen LogP contribution in [0.5, 0.6) is 0 Å². The number of hydrogen-bond donors (Lipinski definition) is 1. The molecule has 27 heavy (non-hydrogen) atoms. The monoisotopic (exact) mass is 360 g/mol. The Labute approximate surface area is 161 Å². The maximum atomic E-state index is 12.7. The molecule has 0 bridgehead atoms. The van der Waals surface area contributed by atoms with Crippen molar-refractivity contribution < 1.29 is 4.79 Å². The third-order valence-electron chi connectivity index (χ3n) is 5.20. The van der Waals surface area contributed by atoms with Gasteiger partial charge in [0.1, 0.15) is 0 Å². The smallest absolute Gasteiger partial charge is 0.224 e. The summed E-state index contributed by atoms with van der Waals surface area (Å²) >= 11 is 0. The fourth-order valence-electron chi connectivity index (χ4n) is 3.74. The number of amides is 1. The van der Waals surface area contributed by atoms with Crippen LogP contribution in [0.2, 0.25) is 0 Å². The number of aromatic nitrogens is 1. The molecule has 3 aromatic rings. The molecule has 0 aliphatic carbocycles. The zero-order valence-corrected chi connectivity index (χ0v) is 16.2. The second-order valence-corrected chi connectivity index (χ2v) is 7.27. The van der Waals surface area contributed by atoms with Gasteiger partial charge in [-0.15, -0.1) is 0 Å². The van der Waals surface area contributed by atoms with Crippen LogP contribution >= 0.6 is 0 Å². The van der Waals surface area contributed by atoms with Gasteiger partial charge in [0.2, 0.25) is 5.91 Å². The highest BCUT2D eigenvalue weighted by Crippen LogP contribution is 2.32. The van der Waals surface area contributed by atoms with Crippen LogP contribution in [0.3, 0.4) is 0 Å². The molecule has 0 saturated heterocycles. The molecular formula is C24H28N2O. The molecule has 140 valence electrons. The molecule has 0 spiro atoms. The van der Waals surface area contributed by atoms with Gasteiger partial charge in [-0.1, -0.05) is 75.2 Å². The highest BCUT2D eigenvalue weighted by Gasteiger charge is 2.21. The molecule has 0 unspecified atom stereocenters. The number of rotatable bonds is 8. The summed E-state index contributed by atoms with van der Waals surface area (Å²) in [5.74, 6) is 0.738. The van der Waals surface area contributed by atoms with E-state index in [2.05, 4.69) is 48.4 Å². The first-order valence-corrected chi connectivity index (χ1v) is 9.87. The SMILES string of the molecule is CCCC[C@@H](c1ccccc1)[C@H](C)CC(=O)Nc1cccc2cccnc12. The van der Waals surface area contributed by atoms with Crippen molar-refractivity contribution in [2.75, 3.05) is 5.32 Å². The summed E-state index contributed by atoms with van der Waals surface area (Å²) in [6.45, 7) is 4.40. The second-order valence-electron chi connectivity index (χ2n) is 7.27. The lowest BCUT2D eigenvalue weighted by Gasteiger charge is -2.24. The average Bonchev–Trinajstić information content (AvgIpc) is 2.69. The van der Waals surface area contributed by atoms with E-state index in [1.54, 1.807) is 6.20 Å². The topological polar surface area (TPSA) is 42.0 Å². The Balaban J connectivity index is 1.71. The number of para-hydroxylation sites is 1. The summed E-state index contributed by atoms with van der Waals surface area (Å²) in [6.07, 6.45) is 5.73. The number of hydrogen-bond acceptors (Lipinski definition) is 2. The van der Waals surface area contributed by atoms with Crippen molar-refractivity contribution in [3.05, 3.63) is 72.4 Å². The minimum absolute atomic E-state index is 0.0538. The largest absolute Gasteiger partial charge is 0.324 e. The highest BCUT2D eigenvalue weighted by molar-refractivity contribution is 6.00. The molecule has 0 aliphatic heterocycles. The lowest BCUT2D eigenvalue weighted by molar-refractivity contribution is -0.117. The van der Waals surface area contributed by atoms with Crippen LogP contribution in [0.15, 0.2) is 66.9 Å². The summed E-state index contributed by atoms with van der Waals surface area (Å²) in [4.78, 5) is 17.2. The first-order valence-electron chi connectivity index (χ1n) is 9.87. The quantitative estimate of drug-likeness (QED) is 0.521. The molecule has 2 atom stereocenters. The van der Waals surface area contributed by atoms with Gasteiger partial charge < -0.3 is 5.32 Å². The lowest BCUT2D eigenvalue weighted by Crippen LogP contribution is -2.20. The van der Waals surface area contributed by atoms with Crippen LogP contribution in [-0.2, 0) is 4.79 Å². The normalized spacial score (nSPS) is 13.3. The minimum atomic E-state index is 0.0538. The molecule has 3 nitrogen and oxygen atoms in total. The molecule has 0 fully saturated rings. The molecule has 1 aromatic heterocycles. The van der Waals surface area contributed by atoms with Crippen LogP contribution in [0.1, 0.15) is 51.0 Å².